The number of unbranched alkanes of at least 4 members (excludes halogenated alkanes) is 10. The number of hydrogen-bond acceptors (Lipinski definition) is 3. The van der Waals surface area contributed by atoms with Crippen molar-refractivity contribution in [2.75, 3.05) is 12.8 Å². The standard InChI is InChI=1S/C25H45O3P/c1-5-7-9-10-11-12-13-14-15-18-21-27-29(26,22-8-6-2)28-25-20-17-16-19-24(25)23(3)4/h16-17,19-20,23H,5-15,18,21-22H2,1-4H3. The lowest BCUT2D eigenvalue weighted by atomic mass is 10.0. The normalized spacial score (nSPS) is 13.6. The molecule has 0 spiro atoms. The molecule has 0 fully saturated rings. The van der Waals surface area contributed by atoms with Crippen LogP contribution in [0, 0.1) is 0 Å². The Bertz CT molecular complexity index is 571. The minimum atomic E-state index is -3.10. The summed E-state index contributed by atoms with van der Waals surface area (Å²) in [5, 5.41) is 0. The summed E-state index contributed by atoms with van der Waals surface area (Å²) in [7, 11) is -3.10. The van der Waals surface area contributed by atoms with E-state index in [1.165, 1.54) is 51.4 Å². The van der Waals surface area contributed by atoms with E-state index in [2.05, 4.69) is 27.7 Å². The second-order valence-corrected chi connectivity index (χ2v) is 10.6. The van der Waals surface area contributed by atoms with Crippen molar-refractivity contribution in [2.45, 2.75) is 111 Å². The van der Waals surface area contributed by atoms with Gasteiger partial charge in [0.1, 0.15) is 5.75 Å². The molecule has 0 aliphatic heterocycles. The molecule has 1 rings (SSSR count). The lowest BCUT2D eigenvalue weighted by Crippen LogP contribution is -2.06. The van der Waals surface area contributed by atoms with E-state index in [0.29, 0.717) is 24.4 Å². The van der Waals surface area contributed by atoms with Crippen LogP contribution in [0.15, 0.2) is 24.3 Å². The predicted octanol–water partition coefficient (Wildman–Crippen LogP) is 9.12. The number of para-hydroxylation sites is 1. The van der Waals surface area contributed by atoms with Crippen molar-refractivity contribution in [2.24, 2.45) is 0 Å². The van der Waals surface area contributed by atoms with Crippen LogP contribution in [0.4, 0.5) is 0 Å². The third-order valence-electron chi connectivity index (χ3n) is 5.35. The first-order valence-corrected chi connectivity index (χ1v) is 13.8. The van der Waals surface area contributed by atoms with Gasteiger partial charge in [-0.1, -0.05) is 110 Å². The number of benzene rings is 1. The summed E-state index contributed by atoms with van der Waals surface area (Å²) in [6, 6.07) is 7.90. The smallest absolute Gasteiger partial charge is 0.379 e. The summed E-state index contributed by atoms with van der Waals surface area (Å²) in [5.41, 5.74) is 1.09. The van der Waals surface area contributed by atoms with Gasteiger partial charge in [-0.2, -0.15) is 0 Å². The molecule has 1 unspecified atom stereocenters. The van der Waals surface area contributed by atoms with Crippen molar-refractivity contribution in [3.05, 3.63) is 29.8 Å². The number of hydrogen-bond donors (Lipinski definition) is 0. The van der Waals surface area contributed by atoms with Gasteiger partial charge in [-0.15, -0.1) is 0 Å². The van der Waals surface area contributed by atoms with E-state index < -0.39 is 7.60 Å². The van der Waals surface area contributed by atoms with Gasteiger partial charge in [-0.3, -0.25) is 4.52 Å². The van der Waals surface area contributed by atoms with Gasteiger partial charge in [0.15, 0.2) is 0 Å². The van der Waals surface area contributed by atoms with Crippen molar-refractivity contribution >= 4 is 7.60 Å². The maximum atomic E-state index is 13.3. The molecule has 0 saturated carbocycles. The van der Waals surface area contributed by atoms with Crippen LogP contribution in [0.2, 0.25) is 0 Å². The van der Waals surface area contributed by atoms with Crippen LogP contribution in [0.25, 0.3) is 0 Å². The fraction of sp³-hybridized carbons (Fsp3) is 0.760. The zero-order valence-electron chi connectivity index (χ0n) is 19.5. The third-order valence-corrected chi connectivity index (χ3v) is 7.26. The molecular weight excluding hydrogens is 379 g/mol. The van der Waals surface area contributed by atoms with E-state index in [1.54, 1.807) is 0 Å². The van der Waals surface area contributed by atoms with Gasteiger partial charge in [-0.25, -0.2) is 4.57 Å². The molecule has 0 heterocycles. The average Bonchev–Trinajstić information content (AvgIpc) is 2.71. The molecule has 1 aromatic rings. The monoisotopic (exact) mass is 424 g/mol. The van der Waals surface area contributed by atoms with E-state index >= 15 is 0 Å². The zero-order valence-corrected chi connectivity index (χ0v) is 20.4. The van der Waals surface area contributed by atoms with E-state index in [9.17, 15) is 4.57 Å². The van der Waals surface area contributed by atoms with Crippen LogP contribution < -0.4 is 4.52 Å². The third kappa shape index (κ3) is 11.8. The second kappa shape index (κ2) is 16.0. The average molecular weight is 425 g/mol. The highest BCUT2D eigenvalue weighted by Gasteiger charge is 2.26. The molecule has 0 aliphatic rings. The predicted molar refractivity (Wildman–Crippen MR) is 126 cm³/mol. The molecular formula is C25H45O3P. The maximum absolute atomic E-state index is 13.3. The molecule has 0 radical (unpaired) electrons. The molecule has 29 heavy (non-hydrogen) atoms. The molecule has 0 aliphatic carbocycles. The molecule has 4 heteroatoms. The highest BCUT2D eigenvalue weighted by molar-refractivity contribution is 7.54. The van der Waals surface area contributed by atoms with Gasteiger partial charge < -0.3 is 4.52 Å². The Kier molecular flexibility index (Phi) is 14.5. The topological polar surface area (TPSA) is 35.5 Å². The Balaban J connectivity index is 2.37. The van der Waals surface area contributed by atoms with Gasteiger partial charge in [0, 0.05) is 0 Å². The molecule has 0 N–H and O–H groups in total. The molecule has 0 saturated heterocycles. The molecule has 3 nitrogen and oxygen atoms in total. The zero-order chi connectivity index (χ0) is 21.4. The molecule has 0 bridgehead atoms. The lowest BCUT2D eigenvalue weighted by molar-refractivity contribution is 0.256. The molecule has 1 aromatic carbocycles. The first-order chi connectivity index (χ1) is 14.0. The van der Waals surface area contributed by atoms with Crippen LogP contribution in [0.3, 0.4) is 0 Å². The van der Waals surface area contributed by atoms with Crippen molar-refractivity contribution in [1.82, 2.24) is 0 Å². The fourth-order valence-corrected chi connectivity index (χ4v) is 5.32. The molecule has 0 amide bonds. The van der Waals surface area contributed by atoms with Crippen LogP contribution in [0.5, 0.6) is 5.75 Å². The van der Waals surface area contributed by atoms with Crippen molar-refractivity contribution in [1.29, 1.82) is 0 Å². The van der Waals surface area contributed by atoms with Crippen LogP contribution in [0.1, 0.15) is 116 Å². The first-order valence-electron chi connectivity index (χ1n) is 12.0. The summed E-state index contributed by atoms with van der Waals surface area (Å²) in [4.78, 5) is 0. The number of rotatable bonds is 18. The highest BCUT2D eigenvalue weighted by Crippen LogP contribution is 2.50. The van der Waals surface area contributed by atoms with Crippen LogP contribution >= 0.6 is 7.60 Å². The van der Waals surface area contributed by atoms with E-state index in [0.717, 1.165) is 31.2 Å². The molecule has 1 atom stereocenters. The highest BCUT2D eigenvalue weighted by atomic mass is 31.2. The SMILES string of the molecule is CCCCCCCCCCCCOP(=O)(CCCC)Oc1ccccc1C(C)C. The van der Waals surface area contributed by atoms with E-state index in [-0.39, 0.29) is 0 Å². The Labute approximate surface area is 180 Å². The minimum Gasteiger partial charge on any atom is -0.424 e. The van der Waals surface area contributed by atoms with Crippen LogP contribution in [-0.2, 0) is 9.09 Å². The molecule has 168 valence electrons. The van der Waals surface area contributed by atoms with Crippen molar-refractivity contribution in [3.63, 3.8) is 0 Å². The van der Waals surface area contributed by atoms with Crippen molar-refractivity contribution in [3.8, 4) is 5.75 Å². The maximum Gasteiger partial charge on any atom is 0.379 e. The minimum absolute atomic E-state index is 0.327. The second-order valence-electron chi connectivity index (χ2n) is 8.49. The van der Waals surface area contributed by atoms with Gasteiger partial charge in [-0.05, 0) is 30.4 Å². The summed E-state index contributed by atoms with van der Waals surface area (Å²) in [6.45, 7) is 9.15. The van der Waals surface area contributed by atoms with Crippen LogP contribution in [-0.4, -0.2) is 12.8 Å². The van der Waals surface area contributed by atoms with Crippen molar-refractivity contribution < 1.29 is 13.6 Å². The lowest BCUT2D eigenvalue weighted by Gasteiger charge is -2.22. The fourth-order valence-electron chi connectivity index (χ4n) is 3.47. The quantitative estimate of drug-likeness (QED) is 0.174. The summed E-state index contributed by atoms with van der Waals surface area (Å²) in [6.07, 6.45) is 15.2. The summed E-state index contributed by atoms with van der Waals surface area (Å²) < 4.78 is 25.2. The summed E-state index contributed by atoms with van der Waals surface area (Å²) >= 11 is 0. The van der Waals surface area contributed by atoms with Gasteiger partial charge in [0.05, 0.1) is 12.8 Å². The Morgan fingerprint density at radius 3 is 1.93 bits per heavy atom. The van der Waals surface area contributed by atoms with Gasteiger partial charge in [0.2, 0.25) is 0 Å². The van der Waals surface area contributed by atoms with Gasteiger partial charge in [0.25, 0.3) is 0 Å². The Hall–Kier alpha value is -0.790. The van der Waals surface area contributed by atoms with Gasteiger partial charge >= 0.3 is 7.60 Å². The van der Waals surface area contributed by atoms with E-state index in [4.69, 9.17) is 9.05 Å². The Morgan fingerprint density at radius 1 is 0.793 bits per heavy atom. The first kappa shape index (κ1) is 26.2. The largest absolute Gasteiger partial charge is 0.424 e. The van der Waals surface area contributed by atoms with E-state index in [1.807, 2.05) is 24.3 Å². The summed E-state index contributed by atoms with van der Waals surface area (Å²) in [5.74, 6) is 1.04. The Morgan fingerprint density at radius 2 is 1.34 bits per heavy atom. The molecule has 0 aromatic heterocycles.